The first-order valence-corrected chi connectivity index (χ1v) is 10.5. The summed E-state index contributed by atoms with van der Waals surface area (Å²) >= 11 is 12.2. The lowest BCUT2D eigenvalue weighted by molar-refractivity contribution is -0.119. The molecule has 1 aromatic carbocycles. The zero-order valence-corrected chi connectivity index (χ0v) is 18.7. The molecule has 31 heavy (non-hydrogen) atoms. The van der Waals surface area contributed by atoms with Crippen LogP contribution in [0.3, 0.4) is 0 Å². The van der Waals surface area contributed by atoms with Gasteiger partial charge in [-0.1, -0.05) is 17.7 Å². The Morgan fingerprint density at radius 3 is 2.81 bits per heavy atom. The highest BCUT2D eigenvalue weighted by molar-refractivity contribution is 7.80. The fraction of sp³-hybridized carbons (Fsp3) is 0.227. The number of aryl methyl sites for hydroxylation is 1. The molecular formula is C22H22ClN5O2S. The van der Waals surface area contributed by atoms with Gasteiger partial charge in [0.05, 0.1) is 28.5 Å². The van der Waals surface area contributed by atoms with E-state index in [0.29, 0.717) is 15.8 Å². The van der Waals surface area contributed by atoms with Gasteiger partial charge in [0.1, 0.15) is 6.61 Å². The Morgan fingerprint density at radius 2 is 2.16 bits per heavy atom. The largest absolute Gasteiger partial charge is 0.375 e. The van der Waals surface area contributed by atoms with Crippen molar-refractivity contribution >= 4 is 46.2 Å². The van der Waals surface area contributed by atoms with Crippen LogP contribution in [0.1, 0.15) is 23.3 Å². The van der Waals surface area contributed by atoms with Crippen LogP contribution in [0.2, 0.25) is 5.02 Å². The molecule has 2 atom stereocenters. The summed E-state index contributed by atoms with van der Waals surface area (Å²) < 4.78 is 6.86. The molecule has 1 aliphatic heterocycles. The third-order valence-electron chi connectivity index (χ3n) is 5.07. The number of benzene rings is 1. The Balaban J connectivity index is 1.71. The predicted octanol–water partition coefficient (Wildman–Crippen LogP) is 3.84. The van der Waals surface area contributed by atoms with E-state index in [0.717, 1.165) is 16.9 Å². The molecule has 0 unspecified atom stereocenters. The molecule has 0 radical (unpaired) electrons. The van der Waals surface area contributed by atoms with E-state index in [1.807, 2.05) is 47.0 Å². The molecule has 1 amide bonds. The lowest BCUT2D eigenvalue weighted by Crippen LogP contribution is -2.29. The first-order chi connectivity index (χ1) is 15.0. The predicted molar refractivity (Wildman–Crippen MR) is 125 cm³/mol. The number of carbonyl (C=O) groups excluding carboxylic acids is 1. The van der Waals surface area contributed by atoms with E-state index < -0.39 is 0 Å². The van der Waals surface area contributed by atoms with Crippen LogP contribution in [-0.4, -0.2) is 34.3 Å². The van der Waals surface area contributed by atoms with Crippen molar-refractivity contribution in [3.05, 3.63) is 77.3 Å². The molecule has 0 spiro atoms. The average molecular weight is 456 g/mol. The number of carbonyl (C=O) groups is 1. The van der Waals surface area contributed by atoms with Gasteiger partial charge in [-0.25, -0.2) is 0 Å². The van der Waals surface area contributed by atoms with Gasteiger partial charge in [0.2, 0.25) is 5.91 Å². The summed E-state index contributed by atoms with van der Waals surface area (Å²) in [5, 5.41) is 7.16. The van der Waals surface area contributed by atoms with Crippen LogP contribution in [0, 0.1) is 0 Å². The number of hydrogen-bond acceptors (Lipinski definition) is 4. The highest BCUT2D eigenvalue weighted by Gasteiger charge is 2.41. The SMILES string of the molecule is COCC(=O)Nc1ccc(N2C(=S)N[C@@H](c3ccccn3)[C@@H]2c2ccn(C)c2)cc1Cl. The van der Waals surface area contributed by atoms with Gasteiger partial charge in [0.15, 0.2) is 5.11 Å². The molecule has 3 heterocycles. The van der Waals surface area contributed by atoms with E-state index in [1.54, 1.807) is 18.3 Å². The average Bonchev–Trinajstić information content (AvgIpc) is 3.33. The fourth-order valence-corrected chi connectivity index (χ4v) is 4.31. The quantitative estimate of drug-likeness (QED) is 0.550. The third-order valence-corrected chi connectivity index (χ3v) is 5.70. The molecule has 0 aliphatic carbocycles. The minimum absolute atomic E-state index is 0.0416. The minimum atomic E-state index is -0.270. The lowest BCUT2D eigenvalue weighted by atomic mass is 9.98. The Kier molecular flexibility index (Phi) is 6.22. The Hall–Kier alpha value is -2.94. The molecule has 160 valence electrons. The third kappa shape index (κ3) is 4.41. The Bertz CT molecular complexity index is 1100. The van der Waals surface area contributed by atoms with Gasteiger partial charge < -0.3 is 24.8 Å². The number of halogens is 1. The first-order valence-electron chi connectivity index (χ1n) is 9.69. The van der Waals surface area contributed by atoms with E-state index in [1.165, 1.54) is 7.11 Å². The number of nitrogens with one attached hydrogen (secondary N) is 2. The van der Waals surface area contributed by atoms with Crippen LogP contribution in [0.4, 0.5) is 11.4 Å². The lowest BCUT2D eigenvalue weighted by Gasteiger charge is -2.27. The van der Waals surface area contributed by atoms with Crippen LogP contribution >= 0.6 is 23.8 Å². The van der Waals surface area contributed by atoms with Crippen molar-refractivity contribution in [3.63, 3.8) is 0 Å². The van der Waals surface area contributed by atoms with E-state index in [9.17, 15) is 4.79 Å². The highest BCUT2D eigenvalue weighted by Crippen LogP contribution is 2.42. The van der Waals surface area contributed by atoms with E-state index >= 15 is 0 Å². The van der Waals surface area contributed by atoms with Crippen LogP contribution in [0.5, 0.6) is 0 Å². The number of rotatable bonds is 6. The number of amides is 1. The van der Waals surface area contributed by atoms with Crippen molar-refractivity contribution in [1.29, 1.82) is 0 Å². The van der Waals surface area contributed by atoms with Gasteiger partial charge in [-0.05, 0) is 54.2 Å². The highest BCUT2D eigenvalue weighted by atomic mass is 35.5. The summed E-state index contributed by atoms with van der Waals surface area (Å²) in [6.07, 6.45) is 5.86. The maximum atomic E-state index is 11.9. The van der Waals surface area contributed by atoms with Crippen LogP contribution < -0.4 is 15.5 Å². The molecule has 7 nitrogen and oxygen atoms in total. The first kappa shape index (κ1) is 21.3. The Labute approximate surface area is 191 Å². The standard InChI is InChI=1S/C22H22ClN5O2S/c1-27-10-8-14(12-27)21-20(18-5-3-4-9-24-18)26-22(31)28(21)15-6-7-17(16(23)11-15)25-19(29)13-30-2/h3-12,20-21H,13H2,1-2H3,(H,25,29)(H,26,31)/t20-,21-/m0/s1. The molecule has 2 N–H and O–H groups in total. The molecule has 1 aliphatic rings. The van der Waals surface area contributed by atoms with Gasteiger partial charge in [-0.15, -0.1) is 0 Å². The molecular weight excluding hydrogens is 434 g/mol. The molecule has 0 saturated carbocycles. The van der Waals surface area contributed by atoms with Gasteiger partial charge in [-0.3, -0.25) is 9.78 Å². The van der Waals surface area contributed by atoms with E-state index in [2.05, 4.69) is 27.9 Å². The van der Waals surface area contributed by atoms with Crippen molar-refractivity contribution in [2.75, 3.05) is 23.9 Å². The maximum absolute atomic E-state index is 11.9. The van der Waals surface area contributed by atoms with Crippen LogP contribution in [0.15, 0.2) is 61.1 Å². The van der Waals surface area contributed by atoms with Crippen molar-refractivity contribution in [2.45, 2.75) is 12.1 Å². The minimum Gasteiger partial charge on any atom is -0.375 e. The molecule has 9 heteroatoms. The molecule has 2 aromatic heterocycles. The Morgan fingerprint density at radius 1 is 1.32 bits per heavy atom. The van der Waals surface area contributed by atoms with Gasteiger partial charge >= 0.3 is 0 Å². The summed E-state index contributed by atoms with van der Waals surface area (Å²) in [6, 6.07) is 13.1. The number of ether oxygens (including phenoxy) is 1. The second-order valence-corrected chi connectivity index (χ2v) is 8.05. The summed E-state index contributed by atoms with van der Waals surface area (Å²) in [5.41, 5.74) is 3.33. The summed E-state index contributed by atoms with van der Waals surface area (Å²) in [4.78, 5) is 18.4. The number of anilines is 2. The van der Waals surface area contributed by atoms with Crippen LogP contribution in [0.25, 0.3) is 0 Å². The topological polar surface area (TPSA) is 71.4 Å². The number of aromatic nitrogens is 2. The number of methoxy groups -OCH3 is 1. The van der Waals surface area contributed by atoms with Gasteiger partial charge in [0.25, 0.3) is 0 Å². The number of pyridine rings is 1. The van der Waals surface area contributed by atoms with Gasteiger partial charge in [-0.2, -0.15) is 0 Å². The van der Waals surface area contributed by atoms with E-state index in [4.69, 9.17) is 28.6 Å². The summed E-state index contributed by atoms with van der Waals surface area (Å²) in [7, 11) is 3.45. The van der Waals surface area contributed by atoms with Crippen molar-refractivity contribution in [2.24, 2.45) is 7.05 Å². The monoisotopic (exact) mass is 455 g/mol. The van der Waals surface area contributed by atoms with E-state index in [-0.39, 0.29) is 24.6 Å². The zero-order valence-electron chi connectivity index (χ0n) is 17.1. The normalized spacial score (nSPS) is 18.2. The second-order valence-electron chi connectivity index (χ2n) is 7.25. The molecule has 1 fully saturated rings. The van der Waals surface area contributed by atoms with Crippen molar-refractivity contribution < 1.29 is 9.53 Å². The summed E-state index contributed by atoms with van der Waals surface area (Å²) in [5.74, 6) is -0.270. The molecule has 1 saturated heterocycles. The van der Waals surface area contributed by atoms with Crippen molar-refractivity contribution in [3.8, 4) is 0 Å². The molecule has 3 aromatic rings. The van der Waals surface area contributed by atoms with Crippen molar-refractivity contribution in [1.82, 2.24) is 14.9 Å². The zero-order chi connectivity index (χ0) is 22.0. The smallest absolute Gasteiger partial charge is 0.250 e. The number of nitrogens with zero attached hydrogens (tertiary/aromatic N) is 3. The van der Waals surface area contributed by atoms with Gasteiger partial charge in [0, 0.05) is 38.4 Å². The number of thiocarbonyl (C=S) groups is 1. The summed E-state index contributed by atoms with van der Waals surface area (Å²) in [6.45, 7) is -0.0416. The second kappa shape index (κ2) is 9.05. The fourth-order valence-electron chi connectivity index (χ4n) is 3.74. The van der Waals surface area contributed by atoms with Crippen LogP contribution in [-0.2, 0) is 16.6 Å². The molecule has 4 rings (SSSR count). The maximum Gasteiger partial charge on any atom is 0.250 e. The number of hydrogen-bond donors (Lipinski definition) is 2. The molecule has 0 bridgehead atoms.